The number of aryl methyl sites for hydroxylation is 1. The van der Waals surface area contributed by atoms with Crippen LogP contribution in [0.3, 0.4) is 0 Å². The number of pyridine rings is 1. The zero-order chi connectivity index (χ0) is 10.1. The van der Waals surface area contributed by atoms with Gasteiger partial charge in [-0.3, -0.25) is 4.98 Å². The molecule has 0 spiro atoms. The molecule has 1 aromatic heterocycles. The molecule has 3 heteroatoms. The number of rotatable bonds is 1. The van der Waals surface area contributed by atoms with Gasteiger partial charge in [0.25, 0.3) is 0 Å². The number of aromatic nitrogens is 1. The molecule has 1 heterocycles. The smallest absolute Gasteiger partial charge is 0.337 e. The van der Waals surface area contributed by atoms with Gasteiger partial charge in [0.1, 0.15) is 0 Å². The number of carboxylic acid groups (broad SMARTS) is 1. The highest BCUT2D eigenvalue weighted by atomic mass is 16.4. The zero-order valence-corrected chi connectivity index (χ0v) is 7.69. The number of carboxylic acids is 1. The highest BCUT2D eigenvalue weighted by molar-refractivity contribution is 6.03. The van der Waals surface area contributed by atoms with Crippen LogP contribution in [0.15, 0.2) is 30.6 Å². The van der Waals surface area contributed by atoms with Crippen molar-refractivity contribution in [3.8, 4) is 0 Å². The fourth-order valence-electron chi connectivity index (χ4n) is 1.51. The second-order valence-electron chi connectivity index (χ2n) is 3.16. The van der Waals surface area contributed by atoms with E-state index in [4.69, 9.17) is 5.11 Å². The van der Waals surface area contributed by atoms with E-state index in [9.17, 15) is 4.79 Å². The van der Waals surface area contributed by atoms with Crippen molar-refractivity contribution in [1.29, 1.82) is 0 Å². The van der Waals surface area contributed by atoms with E-state index in [0.717, 1.165) is 16.3 Å². The van der Waals surface area contributed by atoms with Gasteiger partial charge in [-0.15, -0.1) is 0 Å². The molecule has 0 fully saturated rings. The lowest BCUT2D eigenvalue weighted by Gasteiger charge is -2.03. The Balaban J connectivity index is 2.88. The third-order valence-electron chi connectivity index (χ3n) is 2.25. The fourth-order valence-corrected chi connectivity index (χ4v) is 1.51. The molecule has 2 rings (SSSR count). The van der Waals surface area contributed by atoms with Crippen molar-refractivity contribution in [2.45, 2.75) is 6.92 Å². The van der Waals surface area contributed by atoms with Crippen molar-refractivity contribution in [3.05, 3.63) is 41.7 Å². The first-order chi connectivity index (χ1) is 6.70. The van der Waals surface area contributed by atoms with Crippen LogP contribution < -0.4 is 0 Å². The van der Waals surface area contributed by atoms with E-state index >= 15 is 0 Å². The third kappa shape index (κ3) is 1.23. The van der Waals surface area contributed by atoms with E-state index < -0.39 is 5.97 Å². The molecule has 0 saturated heterocycles. The maximum absolute atomic E-state index is 10.9. The van der Waals surface area contributed by atoms with Gasteiger partial charge in [0.15, 0.2) is 0 Å². The van der Waals surface area contributed by atoms with Gasteiger partial charge in [0.05, 0.1) is 5.56 Å². The van der Waals surface area contributed by atoms with Gasteiger partial charge in [-0.05, 0) is 17.9 Å². The SMILES string of the molecule is Cc1cccc2c(C(=O)O)cncc12. The number of nitrogens with zero attached hydrogens (tertiary/aromatic N) is 1. The lowest BCUT2D eigenvalue weighted by Crippen LogP contribution is -1.98. The van der Waals surface area contributed by atoms with E-state index in [2.05, 4.69) is 4.98 Å². The fraction of sp³-hybridized carbons (Fsp3) is 0.0909. The minimum Gasteiger partial charge on any atom is -0.478 e. The van der Waals surface area contributed by atoms with Crippen molar-refractivity contribution in [1.82, 2.24) is 4.98 Å². The van der Waals surface area contributed by atoms with Crippen molar-refractivity contribution in [2.75, 3.05) is 0 Å². The number of benzene rings is 1. The van der Waals surface area contributed by atoms with E-state index in [1.807, 2.05) is 19.1 Å². The predicted octanol–water partition coefficient (Wildman–Crippen LogP) is 2.24. The number of fused-ring (bicyclic) bond motifs is 1. The van der Waals surface area contributed by atoms with Gasteiger partial charge in [-0.2, -0.15) is 0 Å². The van der Waals surface area contributed by atoms with Crippen molar-refractivity contribution >= 4 is 16.7 Å². The minimum absolute atomic E-state index is 0.256. The number of hydrogen-bond donors (Lipinski definition) is 1. The average molecular weight is 187 g/mol. The van der Waals surface area contributed by atoms with Crippen LogP contribution in [0.25, 0.3) is 10.8 Å². The lowest BCUT2D eigenvalue weighted by molar-refractivity contribution is 0.0698. The molecule has 0 aliphatic heterocycles. The highest BCUT2D eigenvalue weighted by Crippen LogP contribution is 2.20. The Morgan fingerprint density at radius 2 is 2.07 bits per heavy atom. The summed E-state index contributed by atoms with van der Waals surface area (Å²) < 4.78 is 0. The van der Waals surface area contributed by atoms with Gasteiger partial charge in [-0.1, -0.05) is 18.2 Å². The van der Waals surface area contributed by atoms with Gasteiger partial charge in [0, 0.05) is 17.8 Å². The number of hydrogen-bond acceptors (Lipinski definition) is 2. The van der Waals surface area contributed by atoms with E-state index in [1.165, 1.54) is 6.20 Å². The Hall–Kier alpha value is -1.90. The summed E-state index contributed by atoms with van der Waals surface area (Å²) >= 11 is 0. The second kappa shape index (κ2) is 3.10. The van der Waals surface area contributed by atoms with Gasteiger partial charge < -0.3 is 5.11 Å². The Kier molecular flexibility index (Phi) is 1.93. The maximum Gasteiger partial charge on any atom is 0.337 e. The first kappa shape index (κ1) is 8.69. The molecular weight excluding hydrogens is 178 g/mol. The Bertz CT molecular complexity index is 506. The molecule has 0 amide bonds. The van der Waals surface area contributed by atoms with Crippen LogP contribution in [0.1, 0.15) is 15.9 Å². The minimum atomic E-state index is -0.936. The predicted molar refractivity (Wildman–Crippen MR) is 53.4 cm³/mol. The van der Waals surface area contributed by atoms with E-state index in [0.29, 0.717) is 0 Å². The molecular formula is C11H9NO2. The largest absolute Gasteiger partial charge is 0.478 e. The molecule has 1 aromatic carbocycles. The van der Waals surface area contributed by atoms with Crippen molar-refractivity contribution < 1.29 is 9.90 Å². The summed E-state index contributed by atoms with van der Waals surface area (Å²) in [5.41, 5.74) is 1.30. The van der Waals surface area contributed by atoms with Crippen LogP contribution in [-0.4, -0.2) is 16.1 Å². The summed E-state index contributed by atoms with van der Waals surface area (Å²) in [5.74, 6) is -0.936. The van der Waals surface area contributed by atoms with Gasteiger partial charge >= 0.3 is 5.97 Å². The number of carbonyl (C=O) groups is 1. The molecule has 2 aromatic rings. The summed E-state index contributed by atoms with van der Waals surface area (Å²) in [5, 5.41) is 10.6. The molecule has 0 aliphatic rings. The lowest BCUT2D eigenvalue weighted by atomic mass is 10.0. The van der Waals surface area contributed by atoms with Crippen molar-refractivity contribution in [2.24, 2.45) is 0 Å². The zero-order valence-electron chi connectivity index (χ0n) is 7.69. The maximum atomic E-state index is 10.9. The average Bonchev–Trinajstić information content (AvgIpc) is 2.17. The van der Waals surface area contributed by atoms with Gasteiger partial charge in [0.2, 0.25) is 0 Å². The first-order valence-corrected chi connectivity index (χ1v) is 4.27. The molecule has 1 N–H and O–H groups in total. The quantitative estimate of drug-likeness (QED) is 0.744. The Morgan fingerprint density at radius 1 is 1.29 bits per heavy atom. The van der Waals surface area contributed by atoms with E-state index in [-0.39, 0.29) is 5.56 Å². The summed E-state index contributed by atoms with van der Waals surface area (Å²) in [6, 6.07) is 5.59. The van der Waals surface area contributed by atoms with Crippen LogP contribution in [0.4, 0.5) is 0 Å². The molecule has 0 aliphatic carbocycles. The second-order valence-corrected chi connectivity index (χ2v) is 3.16. The summed E-state index contributed by atoms with van der Waals surface area (Å²) in [4.78, 5) is 14.8. The normalized spacial score (nSPS) is 10.4. The molecule has 0 bridgehead atoms. The molecule has 0 atom stereocenters. The van der Waals surface area contributed by atoms with Crippen molar-refractivity contribution in [3.63, 3.8) is 0 Å². The van der Waals surface area contributed by atoms with Gasteiger partial charge in [-0.25, -0.2) is 4.79 Å². The standard InChI is InChI=1S/C11H9NO2/c1-7-3-2-4-8-9(7)5-12-6-10(8)11(13)14/h2-6H,1H3,(H,13,14). The summed E-state index contributed by atoms with van der Waals surface area (Å²) in [6.45, 7) is 1.94. The molecule has 0 unspecified atom stereocenters. The molecule has 0 saturated carbocycles. The summed E-state index contributed by atoms with van der Waals surface area (Å²) in [6.07, 6.45) is 3.07. The monoisotopic (exact) mass is 187 g/mol. The first-order valence-electron chi connectivity index (χ1n) is 4.27. The molecule has 3 nitrogen and oxygen atoms in total. The summed E-state index contributed by atoms with van der Waals surface area (Å²) in [7, 11) is 0. The van der Waals surface area contributed by atoms with Crippen LogP contribution in [0.2, 0.25) is 0 Å². The van der Waals surface area contributed by atoms with E-state index in [1.54, 1.807) is 12.3 Å². The topological polar surface area (TPSA) is 50.2 Å². The molecule has 0 radical (unpaired) electrons. The number of aromatic carboxylic acids is 1. The molecule has 14 heavy (non-hydrogen) atoms. The molecule has 70 valence electrons. The van der Waals surface area contributed by atoms with Crippen LogP contribution >= 0.6 is 0 Å². The van der Waals surface area contributed by atoms with Crippen LogP contribution in [-0.2, 0) is 0 Å². The van der Waals surface area contributed by atoms with Crippen LogP contribution in [0, 0.1) is 6.92 Å². The Morgan fingerprint density at radius 3 is 2.79 bits per heavy atom. The third-order valence-corrected chi connectivity index (χ3v) is 2.25. The Labute approximate surface area is 81.0 Å². The van der Waals surface area contributed by atoms with Crippen LogP contribution in [0.5, 0.6) is 0 Å². The highest BCUT2D eigenvalue weighted by Gasteiger charge is 2.08.